The van der Waals surface area contributed by atoms with Gasteiger partial charge in [0.05, 0.1) is 19.1 Å². The van der Waals surface area contributed by atoms with Crippen LogP contribution >= 0.6 is 0 Å². The molecule has 7 heteroatoms. The van der Waals surface area contributed by atoms with Gasteiger partial charge in [-0.1, -0.05) is 18.7 Å². The third-order valence-corrected chi connectivity index (χ3v) is 3.63. The molecule has 0 amide bonds. The van der Waals surface area contributed by atoms with Gasteiger partial charge in [0.2, 0.25) is 0 Å². The first kappa shape index (κ1) is 17.7. The highest BCUT2D eigenvalue weighted by Crippen LogP contribution is 2.45. The van der Waals surface area contributed by atoms with E-state index in [1.165, 1.54) is 12.1 Å². The van der Waals surface area contributed by atoms with Crippen LogP contribution in [0.5, 0.6) is 0 Å². The summed E-state index contributed by atoms with van der Waals surface area (Å²) in [5.41, 5.74) is -2.12. The van der Waals surface area contributed by atoms with Crippen LogP contribution in [-0.2, 0) is 28.6 Å². The van der Waals surface area contributed by atoms with E-state index in [4.69, 9.17) is 14.2 Å². The summed E-state index contributed by atoms with van der Waals surface area (Å²) in [6, 6.07) is 4.99. The van der Waals surface area contributed by atoms with Crippen molar-refractivity contribution in [3.63, 3.8) is 0 Å². The van der Waals surface area contributed by atoms with Gasteiger partial charge < -0.3 is 14.2 Å². The minimum absolute atomic E-state index is 0.0276. The molecule has 0 N–H and O–H groups in total. The number of rotatable bonds is 5. The second-order valence-electron chi connectivity index (χ2n) is 5.08. The Morgan fingerprint density at radius 2 is 1.67 bits per heavy atom. The standard InChI is InChI=1S/C17H17FO6/c1-4-22-15(20)17(16(21)23-5-2)13(10(3)14(19)24-17)11-6-8-12(18)9-7-11/h6-9,13H,3-5H2,1-2H3/t13-/m1/s1. The van der Waals surface area contributed by atoms with Crippen molar-refractivity contribution in [3.8, 4) is 0 Å². The smallest absolute Gasteiger partial charge is 0.363 e. The summed E-state index contributed by atoms with van der Waals surface area (Å²) >= 11 is 0. The fourth-order valence-electron chi connectivity index (χ4n) is 2.60. The normalized spacial score (nSPS) is 18.9. The van der Waals surface area contributed by atoms with Crippen LogP contribution in [0.15, 0.2) is 36.4 Å². The van der Waals surface area contributed by atoms with Crippen molar-refractivity contribution < 1.29 is 33.0 Å². The monoisotopic (exact) mass is 336 g/mol. The van der Waals surface area contributed by atoms with Gasteiger partial charge >= 0.3 is 23.5 Å². The number of hydrogen-bond donors (Lipinski definition) is 0. The Bertz CT molecular complexity index is 661. The van der Waals surface area contributed by atoms with Crippen molar-refractivity contribution >= 4 is 17.9 Å². The molecule has 24 heavy (non-hydrogen) atoms. The molecule has 0 unspecified atom stereocenters. The summed E-state index contributed by atoms with van der Waals surface area (Å²) in [6.45, 7) is 6.66. The van der Waals surface area contributed by atoms with Gasteiger partial charge in [-0.25, -0.2) is 18.8 Å². The summed E-state index contributed by atoms with van der Waals surface area (Å²) in [5, 5.41) is 0. The topological polar surface area (TPSA) is 78.9 Å². The molecular formula is C17H17FO6. The lowest BCUT2D eigenvalue weighted by Crippen LogP contribution is -2.52. The van der Waals surface area contributed by atoms with Crippen molar-refractivity contribution in [1.82, 2.24) is 0 Å². The first-order chi connectivity index (χ1) is 11.4. The summed E-state index contributed by atoms with van der Waals surface area (Å²) < 4.78 is 28.2. The zero-order valence-corrected chi connectivity index (χ0v) is 13.3. The van der Waals surface area contributed by atoms with E-state index in [1.807, 2.05) is 0 Å². The Morgan fingerprint density at radius 3 is 2.12 bits per heavy atom. The molecule has 1 aromatic rings. The van der Waals surface area contributed by atoms with Crippen LogP contribution in [-0.4, -0.2) is 36.7 Å². The van der Waals surface area contributed by atoms with Crippen LogP contribution in [0.25, 0.3) is 0 Å². The highest BCUT2D eigenvalue weighted by atomic mass is 19.1. The maximum Gasteiger partial charge on any atom is 0.363 e. The van der Waals surface area contributed by atoms with Crippen molar-refractivity contribution in [2.75, 3.05) is 13.2 Å². The van der Waals surface area contributed by atoms with E-state index < -0.39 is 35.2 Å². The first-order valence-corrected chi connectivity index (χ1v) is 7.40. The van der Waals surface area contributed by atoms with E-state index in [0.717, 1.165) is 12.1 Å². The molecule has 0 radical (unpaired) electrons. The summed E-state index contributed by atoms with van der Waals surface area (Å²) in [7, 11) is 0. The highest BCUT2D eigenvalue weighted by molar-refractivity contribution is 6.12. The number of esters is 3. The number of ether oxygens (including phenoxy) is 3. The van der Waals surface area contributed by atoms with Crippen LogP contribution in [0.4, 0.5) is 4.39 Å². The molecule has 1 aliphatic rings. The third kappa shape index (κ3) is 2.77. The summed E-state index contributed by atoms with van der Waals surface area (Å²) in [4.78, 5) is 37.1. The number of halogens is 1. The zero-order chi connectivity index (χ0) is 17.9. The lowest BCUT2D eigenvalue weighted by Gasteiger charge is -2.28. The largest absolute Gasteiger partial charge is 0.463 e. The highest BCUT2D eigenvalue weighted by Gasteiger charge is 2.65. The van der Waals surface area contributed by atoms with Gasteiger partial charge in [-0.15, -0.1) is 0 Å². The predicted molar refractivity (Wildman–Crippen MR) is 80.4 cm³/mol. The van der Waals surface area contributed by atoms with Crippen molar-refractivity contribution in [3.05, 3.63) is 47.8 Å². The van der Waals surface area contributed by atoms with E-state index in [0.29, 0.717) is 5.56 Å². The van der Waals surface area contributed by atoms with Crippen LogP contribution in [0.2, 0.25) is 0 Å². The SMILES string of the molecule is C=C1C(=O)OC(C(=O)OCC)(C(=O)OCC)[C@H]1c1ccc(F)cc1. The Kier molecular flexibility index (Phi) is 5.02. The molecule has 1 aliphatic heterocycles. The number of carbonyl (C=O) groups is 3. The molecule has 0 aromatic heterocycles. The molecule has 2 rings (SSSR count). The van der Waals surface area contributed by atoms with E-state index in [2.05, 4.69) is 6.58 Å². The fourth-order valence-corrected chi connectivity index (χ4v) is 2.60. The molecule has 0 aliphatic carbocycles. The number of carbonyl (C=O) groups excluding carboxylic acids is 3. The minimum Gasteiger partial charge on any atom is -0.463 e. The Morgan fingerprint density at radius 1 is 1.17 bits per heavy atom. The van der Waals surface area contributed by atoms with Crippen LogP contribution < -0.4 is 0 Å². The second-order valence-corrected chi connectivity index (χ2v) is 5.08. The van der Waals surface area contributed by atoms with E-state index >= 15 is 0 Å². The maximum atomic E-state index is 13.2. The van der Waals surface area contributed by atoms with E-state index in [9.17, 15) is 18.8 Å². The molecule has 1 saturated heterocycles. The van der Waals surface area contributed by atoms with Crippen molar-refractivity contribution in [1.29, 1.82) is 0 Å². The molecule has 1 fully saturated rings. The molecule has 128 valence electrons. The number of benzene rings is 1. The van der Waals surface area contributed by atoms with Crippen LogP contribution in [0.1, 0.15) is 25.3 Å². The predicted octanol–water partition coefficient (Wildman–Crippen LogP) is 1.89. The molecule has 0 bridgehead atoms. The third-order valence-electron chi connectivity index (χ3n) is 3.63. The second kappa shape index (κ2) is 6.82. The molecule has 1 atom stereocenters. The van der Waals surface area contributed by atoms with Crippen LogP contribution in [0, 0.1) is 5.82 Å². The van der Waals surface area contributed by atoms with E-state index in [-0.39, 0.29) is 18.8 Å². The Balaban J connectivity index is 2.62. The summed E-state index contributed by atoms with van der Waals surface area (Å²) in [6.07, 6.45) is 0. The fraction of sp³-hybridized carbons (Fsp3) is 0.353. The molecule has 0 spiro atoms. The number of hydrogen-bond acceptors (Lipinski definition) is 6. The quantitative estimate of drug-likeness (QED) is 0.354. The molecule has 0 saturated carbocycles. The van der Waals surface area contributed by atoms with Gasteiger partial charge in [-0.2, -0.15) is 0 Å². The lowest BCUT2D eigenvalue weighted by atomic mass is 9.79. The van der Waals surface area contributed by atoms with E-state index in [1.54, 1.807) is 13.8 Å². The first-order valence-electron chi connectivity index (χ1n) is 7.40. The Labute approximate surface area is 138 Å². The van der Waals surface area contributed by atoms with Crippen molar-refractivity contribution in [2.45, 2.75) is 25.4 Å². The average Bonchev–Trinajstić information content (AvgIpc) is 2.82. The molecule has 6 nitrogen and oxygen atoms in total. The van der Waals surface area contributed by atoms with Gasteiger partial charge in [0.25, 0.3) is 0 Å². The van der Waals surface area contributed by atoms with Gasteiger partial charge in [0, 0.05) is 5.57 Å². The molecule has 1 aromatic carbocycles. The zero-order valence-electron chi connectivity index (χ0n) is 13.3. The van der Waals surface area contributed by atoms with Gasteiger partial charge in [-0.3, -0.25) is 0 Å². The Hall–Kier alpha value is -2.70. The summed E-state index contributed by atoms with van der Waals surface area (Å²) in [5.74, 6) is -4.68. The van der Waals surface area contributed by atoms with Crippen molar-refractivity contribution in [2.24, 2.45) is 0 Å². The number of cyclic esters (lactones) is 1. The van der Waals surface area contributed by atoms with Gasteiger partial charge in [-0.05, 0) is 31.5 Å². The molecule has 1 heterocycles. The van der Waals surface area contributed by atoms with Gasteiger partial charge in [0.1, 0.15) is 5.82 Å². The maximum absolute atomic E-state index is 13.2. The lowest BCUT2D eigenvalue weighted by molar-refractivity contribution is -0.190. The minimum atomic E-state index is -2.32. The molecular weight excluding hydrogens is 319 g/mol. The van der Waals surface area contributed by atoms with Crippen LogP contribution in [0.3, 0.4) is 0 Å². The van der Waals surface area contributed by atoms with Gasteiger partial charge in [0.15, 0.2) is 0 Å². The average molecular weight is 336 g/mol.